The summed E-state index contributed by atoms with van der Waals surface area (Å²) in [5.41, 5.74) is 4.99. The molecule has 1 amide bonds. The summed E-state index contributed by atoms with van der Waals surface area (Å²) >= 11 is 0. The van der Waals surface area contributed by atoms with E-state index in [1.807, 2.05) is 0 Å². The molecule has 2 rings (SSSR count). The summed E-state index contributed by atoms with van der Waals surface area (Å²) in [5, 5.41) is 0. The molecule has 1 aromatic carbocycles. The third kappa shape index (κ3) is 2.76. The molecule has 0 unspecified atom stereocenters. The van der Waals surface area contributed by atoms with Crippen LogP contribution in [0.15, 0.2) is 12.1 Å². The van der Waals surface area contributed by atoms with Gasteiger partial charge in [-0.1, -0.05) is 20.3 Å². The van der Waals surface area contributed by atoms with Gasteiger partial charge in [-0.15, -0.1) is 0 Å². The molecule has 0 aromatic heterocycles. The van der Waals surface area contributed by atoms with Crippen LogP contribution in [0.3, 0.4) is 0 Å². The Hall–Kier alpha value is -1.65. The van der Waals surface area contributed by atoms with Gasteiger partial charge in [0.15, 0.2) is 5.82 Å². The van der Waals surface area contributed by atoms with Crippen LogP contribution in [0.2, 0.25) is 0 Å². The molecule has 1 saturated heterocycles. The summed E-state index contributed by atoms with van der Waals surface area (Å²) in [6.07, 6.45) is 2.81. The Morgan fingerprint density at radius 2 is 1.95 bits per heavy atom. The fourth-order valence-corrected chi connectivity index (χ4v) is 2.54. The first-order valence-electron chi connectivity index (χ1n) is 6.90. The van der Waals surface area contributed by atoms with Gasteiger partial charge < -0.3 is 10.6 Å². The number of nitrogens with zero attached hydrogens (tertiary/aromatic N) is 1. The lowest BCUT2D eigenvalue weighted by atomic mass is 9.78. The molecule has 0 saturated carbocycles. The average Bonchev–Trinajstić information content (AvgIpc) is 2.43. The number of halogens is 2. The first kappa shape index (κ1) is 14.8. The number of carbonyl (C=O) groups is 1. The van der Waals surface area contributed by atoms with Gasteiger partial charge in [0.25, 0.3) is 5.91 Å². The van der Waals surface area contributed by atoms with Crippen LogP contribution in [0.1, 0.15) is 43.5 Å². The van der Waals surface area contributed by atoms with Crippen LogP contribution in [-0.2, 0) is 0 Å². The standard InChI is InChI=1S/C15H20F2N2O/c1-3-15(2)4-6-19(7-5-15)14(20)11-8-10(16)9-12(18)13(11)17/h8-9H,3-7,18H2,1-2H3. The molecule has 0 bridgehead atoms. The van der Waals surface area contributed by atoms with Gasteiger partial charge in [0, 0.05) is 13.1 Å². The topological polar surface area (TPSA) is 46.3 Å². The lowest BCUT2D eigenvalue weighted by molar-refractivity contribution is 0.0595. The number of piperidine rings is 1. The highest BCUT2D eigenvalue weighted by molar-refractivity contribution is 5.95. The molecule has 1 aromatic rings. The minimum absolute atomic E-state index is 0.232. The summed E-state index contributed by atoms with van der Waals surface area (Å²) < 4.78 is 27.2. The number of amides is 1. The van der Waals surface area contributed by atoms with Crippen molar-refractivity contribution in [3.8, 4) is 0 Å². The van der Waals surface area contributed by atoms with Crippen molar-refractivity contribution >= 4 is 11.6 Å². The zero-order valence-electron chi connectivity index (χ0n) is 11.9. The molecule has 1 heterocycles. The number of likely N-dealkylation sites (tertiary alicyclic amines) is 1. The molecule has 5 heteroatoms. The quantitative estimate of drug-likeness (QED) is 0.847. The SMILES string of the molecule is CCC1(C)CCN(C(=O)c2cc(F)cc(N)c2F)CC1. The van der Waals surface area contributed by atoms with Crippen LogP contribution in [0.4, 0.5) is 14.5 Å². The average molecular weight is 282 g/mol. The number of hydrogen-bond acceptors (Lipinski definition) is 2. The van der Waals surface area contributed by atoms with Gasteiger partial charge in [-0.3, -0.25) is 4.79 Å². The van der Waals surface area contributed by atoms with Crippen LogP contribution in [0.25, 0.3) is 0 Å². The number of benzene rings is 1. The van der Waals surface area contributed by atoms with E-state index in [0.29, 0.717) is 13.1 Å². The monoisotopic (exact) mass is 282 g/mol. The van der Waals surface area contributed by atoms with Crippen molar-refractivity contribution in [2.45, 2.75) is 33.1 Å². The summed E-state index contributed by atoms with van der Waals surface area (Å²) in [4.78, 5) is 13.9. The van der Waals surface area contributed by atoms with Crippen molar-refractivity contribution in [1.82, 2.24) is 4.90 Å². The van der Waals surface area contributed by atoms with E-state index >= 15 is 0 Å². The fraction of sp³-hybridized carbons (Fsp3) is 0.533. The largest absolute Gasteiger partial charge is 0.396 e. The van der Waals surface area contributed by atoms with Crippen LogP contribution in [0, 0.1) is 17.0 Å². The van der Waals surface area contributed by atoms with Gasteiger partial charge in [0.1, 0.15) is 5.82 Å². The zero-order valence-corrected chi connectivity index (χ0v) is 11.9. The van der Waals surface area contributed by atoms with Gasteiger partial charge in [0.2, 0.25) is 0 Å². The van der Waals surface area contributed by atoms with Crippen molar-refractivity contribution < 1.29 is 13.6 Å². The van der Waals surface area contributed by atoms with E-state index in [9.17, 15) is 13.6 Å². The van der Waals surface area contributed by atoms with Gasteiger partial charge in [0.05, 0.1) is 11.3 Å². The minimum atomic E-state index is -0.833. The molecule has 0 aliphatic carbocycles. The Morgan fingerprint density at radius 1 is 1.35 bits per heavy atom. The number of nitrogens with two attached hydrogens (primary N) is 1. The maximum absolute atomic E-state index is 13.9. The van der Waals surface area contributed by atoms with Crippen molar-refractivity contribution in [2.75, 3.05) is 18.8 Å². The van der Waals surface area contributed by atoms with Crippen LogP contribution in [0.5, 0.6) is 0 Å². The summed E-state index contributed by atoms with van der Waals surface area (Å²) in [6.45, 7) is 5.46. The molecule has 1 fully saturated rings. The van der Waals surface area contributed by atoms with E-state index in [1.165, 1.54) is 0 Å². The molecule has 2 N–H and O–H groups in total. The molecular formula is C15H20F2N2O. The number of nitrogen functional groups attached to an aromatic ring is 1. The molecule has 110 valence electrons. The van der Waals surface area contributed by atoms with E-state index in [4.69, 9.17) is 5.73 Å². The van der Waals surface area contributed by atoms with Crippen molar-refractivity contribution in [3.05, 3.63) is 29.3 Å². The highest BCUT2D eigenvalue weighted by Crippen LogP contribution is 2.34. The minimum Gasteiger partial charge on any atom is -0.396 e. The molecular weight excluding hydrogens is 262 g/mol. The zero-order chi connectivity index (χ0) is 14.9. The third-order valence-electron chi connectivity index (χ3n) is 4.41. The fourth-order valence-electron chi connectivity index (χ4n) is 2.54. The number of anilines is 1. The van der Waals surface area contributed by atoms with Crippen molar-refractivity contribution in [3.63, 3.8) is 0 Å². The molecule has 0 radical (unpaired) electrons. The Labute approximate surface area is 117 Å². The molecule has 3 nitrogen and oxygen atoms in total. The summed E-state index contributed by atoms with van der Waals surface area (Å²) in [7, 11) is 0. The van der Waals surface area contributed by atoms with Crippen molar-refractivity contribution in [1.29, 1.82) is 0 Å². The molecule has 1 aliphatic heterocycles. The second-order valence-electron chi connectivity index (χ2n) is 5.81. The van der Waals surface area contributed by atoms with Gasteiger partial charge in [-0.2, -0.15) is 0 Å². The number of carbonyl (C=O) groups excluding carboxylic acids is 1. The Morgan fingerprint density at radius 3 is 2.50 bits per heavy atom. The number of hydrogen-bond donors (Lipinski definition) is 1. The molecule has 1 aliphatic rings. The first-order valence-corrected chi connectivity index (χ1v) is 6.90. The van der Waals surface area contributed by atoms with E-state index in [1.54, 1.807) is 4.90 Å². The highest BCUT2D eigenvalue weighted by atomic mass is 19.1. The van der Waals surface area contributed by atoms with Crippen LogP contribution >= 0.6 is 0 Å². The third-order valence-corrected chi connectivity index (χ3v) is 4.41. The van der Waals surface area contributed by atoms with Crippen LogP contribution in [-0.4, -0.2) is 23.9 Å². The smallest absolute Gasteiger partial charge is 0.257 e. The lowest BCUT2D eigenvalue weighted by Crippen LogP contribution is -2.42. The van der Waals surface area contributed by atoms with Crippen molar-refractivity contribution in [2.24, 2.45) is 5.41 Å². The second kappa shape index (κ2) is 5.38. The molecule has 0 atom stereocenters. The Balaban J connectivity index is 2.18. The van der Waals surface area contributed by atoms with Gasteiger partial charge >= 0.3 is 0 Å². The number of rotatable bonds is 2. The van der Waals surface area contributed by atoms with E-state index in [0.717, 1.165) is 31.4 Å². The normalized spacial score (nSPS) is 18.1. The van der Waals surface area contributed by atoms with Crippen LogP contribution < -0.4 is 5.73 Å². The first-order chi connectivity index (χ1) is 9.36. The summed E-state index contributed by atoms with van der Waals surface area (Å²) in [5.74, 6) is -2.00. The molecule has 20 heavy (non-hydrogen) atoms. The summed E-state index contributed by atoms with van der Waals surface area (Å²) in [6, 6.07) is 1.80. The maximum Gasteiger partial charge on any atom is 0.257 e. The predicted molar refractivity (Wildman–Crippen MR) is 74.3 cm³/mol. The van der Waals surface area contributed by atoms with E-state index in [2.05, 4.69) is 13.8 Å². The van der Waals surface area contributed by atoms with Gasteiger partial charge in [-0.05, 0) is 30.4 Å². The Bertz CT molecular complexity index is 523. The lowest BCUT2D eigenvalue weighted by Gasteiger charge is -2.39. The highest BCUT2D eigenvalue weighted by Gasteiger charge is 2.31. The molecule has 0 spiro atoms. The van der Waals surface area contributed by atoms with E-state index in [-0.39, 0.29) is 16.7 Å². The predicted octanol–water partition coefficient (Wildman–Crippen LogP) is 3.20. The second-order valence-corrected chi connectivity index (χ2v) is 5.81. The maximum atomic E-state index is 13.9. The van der Waals surface area contributed by atoms with Gasteiger partial charge in [-0.25, -0.2) is 8.78 Å². The van der Waals surface area contributed by atoms with E-state index < -0.39 is 17.5 Å². The Kier molecular flexibility index (Phi) is 3.97.